The Labute approximate surface area is 214 Å². The van der Waals surface area contributed by atoms with Crippen molar-refractivity contribution in [3.63, 3.8) is 0 Å². The maximum absolute atomic E-state index is 13.8. The fourth-order valence-corrected chi connectivity index (χ4v) is 4.22. The van der Waals surface area contributed by atoms with Crippen LogP contribution in [-0.4, -0.2) is 24.7 Å². The quantitative estimate of drug-likeness (QED) is 0.318. The number of carbonyl (C=O) groups excluding carboxylic acids is 1. The van der Waals surface area contributed by atoms with Crippen LogP contribution in [0.15, 0.2) is 83.3 Å². The summed E-state index contributed by atoms with van der Waals surface area (Å²) in [6.45, 7) is 2.05. The molecule has 7 nitrogen and oxygen atoms in total. The van der Waals surface area contributed by atoms with Crippen molar-refractivity contribution in [2.24, 2.45) is 0 Å². The molecule has 0 bridgehead atoms. The lowest BCUT2D eigenvalue weighted by molar-refractivity contribution is 0.0918. The summed E-state index contributed by atoms with van der Waals surface area (Å²) < 4.78 is 35.8. The van der Waals surface area contributed by atoms with E-state index in [0.717, 1.165) is 22.4 Å². The second-order valence-electron chi connectivity index (χ2n) is 8.76. The third kappa shape index (κ3) is 6.29. The van der Waals surface area contributed by atoms with E-state index in [-0.39, 0.29) is 24.3 Å². The monoisotopic (exact) mass is 502 g/mol. The molecule has 3 aromatic carbocycles. The molecule has 5 rings (SSSR count). The molecule has 0 saturated heterocycles. The summed E-state index contributed by atoms with van der Waals surface area (Å²) in [5, 5.41) is 2.87. The molecule has 1 N–H and O–H groups in total. The summed E-state index contributed by atoms with van der Waals surface area (Å²) in [6.07, 6.45) is 0. The molecule has 0 spiro atoms. The Morgan fingerprint density at radius 3 is 2.49 bits per heavy atom. The van der Waals surface area contributed by atoms with E-state index in [1.165, 1.54) is 12.1 Å². The number of rotatable bonds is 10. The van der Waals surface area contributed by atoms with Crippen LogP contribution < -0.4 is 19.5 Å². The summed E-state index contributed by atoms with van der Waals surface area (Å²) in [5.41, 5.74) is 2.78. The SMILES string of the molecule is COc1cccc(CN(Cc2cccc(F)c2)Cc2ccc(C(=O)NCc3ccc4c(c3)OCO4)o2)c1. The van der Waals surface area contributed by atoms with E-state index in [1.54, 1.807) is 25.3 Å². The zero-order chi connectivity index (χ0) is 25.6. The van der Waals surface area contributed by atoms with Crippen molar-refractivity contribution < 1.29 is 27.8 Å². The third-order valence-electron chi connectivity index (χ3n) is 5.99. The predicted molar refractivity (Wildman–Crippen MR) is 135 cm³/mol. The van der Waals surface area contributed by atoms with Crippen LogP contribution in [0.25, 0.3) is 0 Å². The molecule has 0 aliphatic carbocycles. The Kier molecular flexibility index (Phi) is 7.37. The van der Waals surface area contributed by atoms with Crippen LogP contribution in [0.5, 0.6) is 17.2 Å². The molecule has 2 heterocycles. The molecule has 1 aliphatic heterocycles. The number of methoxy groups -OCH3 is 1. The topological polar surface area (TPSA) is 73.2 Å². The molecule has 0 fully saturated rings. The van der Waals surface area contributed by atoms with Crippen LogP contribution >= 0.6 is 0 Å². The highest BCUT2D eigenvalue weighted by atomic mass is 19.1. The first kappa shape index (κ1) is 24.4. The third-order valence-corrected chi connectivity index (χ3v) is 5.99. The Hall–Kier alpha value is -4.30. The van der Waals surface area contributed by atoms with Gasteiger partial charge in [-0.25, -0.2) is 4.39 Å². The van der Waals surface area contributed by atoms with Gasteiger partial charge in [0.1, 0.15) is 17.3 Å². The van der Waals surface area contributed by atoms with Crippen molar-refractivity contribution in [1.29, 1.82) is 0 Å². The first-order chi connectivity index (χ1) is 18.1. The van der Waals surface area contributed by atoms with Crippen LogP contribution in [0, 0.1) is 5.82 Å². The van der Waals surface area contributed by atoms with Gasteiger partial charge in [-0.1, -0.05) is 30.3 Å². The number of amides is 1. The average molecular weight is 503 g/mol. The second kappa shape index (κ2) is 11.2. The highest BCUT2D eigenvalue weighted by Crippen LogP contribution is 2.32. The van der Waals surface area contributed by atoms with Crippen molar-refractivity contribution >= 4 is 5.91 Å². The zero-order valence-electron chi connectivity index (χ0n) is 20.4. The van der Waals surface area contributed by atoms with E-state index in [9.17, 15) is 9.18 Å². The Morgan fingerprint density at radius 1 is 0.892 bits per heavy atom. The minimum absolute atomic E-state index is 0.203. The van der Waals surface area contributed by atoms with Gasteiger partial charge in [0.15, 0.2) is 17.3 Å². The number of furan rings is 1. The first-order valence-corrected chi connectivity index (χ1v) is 11.9. The Morgan fingerprint density at radius 2 is 1.68 bits per heavy atom. The van der Waals surface area contributed by atoms with Gasteiger partial charge in [0.25, 0.3) is 5.91 Å². The summed E-state index contributed by atoms with van der Waals surface area (Å²) in [5.74, 6) is 2.40. The first-order valence-electron chi connectivity index (χ1n) is 11.9. The van der Waals surface area contributed by atoms with E-state index < -0.39 is 0 Å². The van der Waals surface area contributed by atoms with Gasteiger partial charge < -0.3 is 23.9 Å². The highest BCUT2D eigenvalue weighted by molar-refractivity contribution is 5.91. The number of ether oxygens (including phenoxy) is 3. The molecule has 0 saturated carbocycles. The minimum atomic E-state index is -0.312. The Bertz CT molecular complexity index is 1390. The number of fused-ring (bicyclic) bond motifs is 1. The van der Waals surface area contributed by atoms with Crippen LogP contribution in [0.1, 0.15) is 33.0 Å². The number of carbonyl (C=O) groups is 1. The Balaban J connectivity index is 1.25. The summed E-state index contributed by atoms with van der Waals surface area (Å²) >= 11 is 0. The van der Waals surface area contributed by atoms with Crippen molar-refractivity contribution in [1.82, 2.24) is 10.2 Å². The van der Waals surface area contributed by atoms with Crippen molar-refractivity contribution in [3.8, 4) is 17.2 Å². The second-order valence-corrected chi connectivity index (χ2v) is 8.76. The fourth-order valence-electron chi connectivity index (χ4n) is 4.22. The zero-order valence-corrected chi connectivity index (χ0v) is 20.4. The number of hydrogen-bond acceptors (Lipinski definition) is 6. The van der Waals surface area contributed by atoms with Gasteiger partial charge in [-0.15, -0.1) is 0 Å². The molecule has 0 radical (unpaired) electrons. The number of benzene rings is 3. The van der Waals surface area contributed by atoms with Gasteiger partial charge in [0.2, 0.25) is 6.79 Å². The lowest BCUT2D eigenvalue weighted by Gasteiger charge is -2.22. The molecular formula is C29H27FN2O5. The molecule has 0 unspecified atom stereocenters. The molecule has 190 valence electrons. The maximum Gasteiger partial charge on any atom is 0.287 e. The van der Waals surface area contributed by atoms with E-state index in [0.29, 0.717) is 43.4 Å². The van der Waals surface area contributed by atoms with Gasteiger partial charge in [0.05, 0.1) is 13.7 Å². The normalized spacial score (nSPS) is 12.1. The lowest BCUT2D eigenvalue weighted by Crippen LogP contribution is -2.23. The maximum atomic E-state index is 13.8. The molecule has 1 aliphatic rings. The standard InChI is InChI=1S/C29H27FN2O5/c1-34-24-7-3-5-22(13-24)17-32(16-21-4-2-6-23(30)12-21)18-25-9-11-27(37-25)29(33)31-15-20-8-10-26-28(14-20)36-19-35-26/h2-14H,15-19H2,1H3,(H,31,33). The molecule has 8 heteroatoms. The smallest absolute Gasteiger partial charge is 0.287 e. The fraction of sp³-hybridized carbons (Fsp3) is 0.207. The number of nitrogens with zero attached hydrogens (tertiary/aromatic N) is 1. The summed E-state index contributed by atoms with van der Waals surface area (Å²) in [6, 6.07) is 23.3. The van der Waals surface area contributed by atoms with Gasteiger partial charge in [-0.3, -0.25) is 9.69 Å². The molecule has 1 aromatic heterocycles. The summed E-state index contributed by atoms with van der Waals surface area (Å²) in [7, 11) is 1.63. The predicted octanol–water partition coefficient (Wildman–Crippen LogP) is 5.29. The van der Waals surface area contributed by atoms with E-state index in [1.807, 2.05) is 48.5 Å². The molecule has 4 aromatic rings. The van der Waals surface area contributed by atoms with Gasteiger partial charge in [0, 0.05) is 19.6 Å². The van der Waals surface area contributed by atoms with Crippen LogP contribution in [-0.2, 0) is 26.2 Å². The molecule has 37 heavy (non-hydrogen) atoms. The number of halogens is 1. The van der Waals surface area contributed by atoms with E-state index in [4.69, 9.17) is 18.6 Å². The van der Waals surface area contributed by atoms with E-state index >= 15 is 0 Å². The largest absolute Gasteiger partial charge is 0.497 e. The number of nitrogens with one attached hydrogen (secondary N) is 1. The van der Waals surface area contributed by atoms with Crippen LogP contribution in [0.3, 0.4) is 0 Å². The van der Waals surface area contributed by atoms with E-state index in [2.05, 4.69) is 10.2 Å². The van der Waals surface area contributed by atoms with Gasteiger partial charge in [-0.05, 0) is 65.2 Å². The highest BCUT2D eigenvalue weighted by Gasteiger charge is 2.17. The van der Waals surface area contributed by atoms with Crippen molar-refractivity contribution in [2.75, 3.05) is 13.9 Å². The molecule has 1 amide bonds. The summed E-state index contributed by atoms with van der Waals surface area (Å²) in [4.78, 5) is 14.8. The van der Waals surface area contributed by atoms with Crippen LogP contribution in [0.2, 0.25) is 0 Å². The van der Waals surface area contributed by atoms with Gasteiger partial charge in [-0.2, -0.15) is 0 Å². The van der Waals surface area contributed by atoms with Crippen molar-refractivity contribution in [2.45, 2.75) is 26.2 Å². The minimum Gasteiger partial charge on any atom is -0.497 e. The molecule has 0 atom stereocenters. The van der Waals surface area contributed by atoms with Gasteiger partial charge >= 0.3 is 0 Å². The number of hydrogen-bond donors (Lipinski definition) is 1. The van der Waals surface area contributed by atoms with Crippen LogP contribution in [0.4, 0.5) is 4.39 Å². The van der Waals surface area contributed by atoms with Crippen molar-refractivity contribution in [3.05, 3.63) is 113 Å². The molecular weight excluding hydrogens is 475 g/mol. The lowest BCUT2D eigenvalue weighted by atomic mass is 10.1. The average Bonchev–Trinajstić information content (AvgIpc) is 3.57.